The minimum absolute atomic E-state index is 0.0973. The Labute approximate surface area is 145 Å². The SMILES string of the molecule is O=C1CN(CC(=O)N2CCC[C@@H]3CCCC[C@@H]32)[C@@H]2CCCC[C@H]2N1. The van der Waals surface area contributed by atoms with E-state index in [2.05, 4.69) is 15.1 Å². The Morgan fingerprint density at radius 1 is 0.958 bits per heavy atom. The summed E-state index contributed by atoms with van der Waals surface area (Å²) in [5.74, 6) is 1.09. The molecule has 0 unspecified atom stereocenters. The lowest BCUT2D eigenvalue weighted by Gasteiger charge is -2.47. The number of nitrogens with one attached hydrogen (secondary N) is 1. The van der Waals surface area contributed by atoms with Crippen molar-refractivity contribution in [1.29, 1.82) is 0 Å². The molecule has 0 aromatic heterocycles. The number of nitrogens with zero attached hydrogens (tertiary/aromatic N) is 2. The zero-order chi connectivity index (χ0) is 16.5. The molecular formula is C19H31N3O2. The van der Waals surface area contributed by atoms with Crippen molar-refractivity contribution in [1.82, 2.24) is 15.1 Å². The molecule has 2 saturated carbocycles. The lowest BCUT2D eigenvalue weighted by Crippen LogP contribution is -2.63. The van der Waals surface area contributed by atoms with Crippen LogP contribution in [0.3, 0.4) is 0 Å². The molecule has 0 aromatic carbocycles. The van der Waals surface area contributed by atoms with Crippen LogP contribution < -0.4 is 5.32 Å². The van der Waals surface area contributed by atoms with Crippen LogP contribution in [-0.2, 0) is 9.59 Å². The number of amides is 2. The maximum absolute atomic E-state index is 13.1. The number of carbonyl (C=O) groups is 2. The summed E-state index contributed by atoms with van der Waals surface area (Å²) in [6, 6.07) is 1.10. The van der Waals surface area contributed by atoms with E-state index in [1.807, 2.05) is 0 Å². The lowest BCUT2D eigenvalue weighted by molar-refractivity contribution is -0.142. The van der Waals surface area contributed by atoms with Crippen molar-refractivity contribution in [2.24, 2.45) is 5.92 Å². The first-order valence-corrected chi connectivity index (χ1v) is 10.1. The maximum atomic E-state index is 13.1. The third-order valence-corrected chi connectivity index (χ3v) is 6.79. The van der Waals surface area contributed by atoms with E-state index in [1.165, 1.54) is 44.9 Å². The van der Waals surface area contributed by atoms with Gasteiger partial charge in [0.2, 0.25) is 11.8 Å². The summed E-state index contributed by atoms with van der Waals surface area (Å²) in [5.41, 5.74) is 0. The highest BCUT2D eigenvalue weighted by atomic mass is 16.2. The Morgan fingerprint density at radius 2 is 1.67 bits per heavy atom. The van der Waals surface area contributed by atoms with Crippen LogP contribution in [0.5, 0.6) is 0 Å². The van der Waals surface area contributed by atoms with Crippen molar-refractivity contribution in [2.75, 3.05) is 19.6 Å². The van der Waals surface area contributed by atoms with Gasteiger partial charge < -0.3 is 10.2 Å². The van der Waals surface area contributed by atoms with E-state index in [1.54, 1.807) is 0 Å². The summed E-state index contributed by atoms with van der Waals surface area (Å²) in [4.78, 5) is 29.4. The second-order valence-electron chi connectivity index (χ2n) is 8.27. The van der Waals surface area contributed by atoms with Crippen molar-refractivity contribution in [3.63, 3.8) is 0 Å². The van der Waals surface area contributed by atoms with Crippen LogP contribution in [0.2, 0.25) is 0 Å². The molecule has 2 heterocycles. The molecule has 0 spiro atoms. The molecule has 4 atom stereocenters. The van der Waals surface area contributed by atoms with E-state index in [4.69, 9.17) is 0 Å². The number of hydrogen-bond acceptors (Lipinski definition) is 3. The highest BCUT2D eigenvalue weighted by Gasteiger charge is 2.40. The van der Waals surface area contributed by atoms with Crippen molar-refractivity contribution in [3.8, 4) is 0 Å². The predicted octanol–water partition coefficient (Wildman–Crippen LogP) is 1.91. The summed E-state index contributed by atoms with van der Waals surface area (Å²) >= 11 is 0. The Hall–Kier alpha value is -1.10. The van der Waals surface area contributed by atoms with Gasteiger partial charge in [-0.2, -0.15) is 0 Å². The molecule has 4 fully saturated rings. The van der Waals surface area contributed by atoms with Crippen LogP contribution >= 0.6 is 0 Å². The third-order valence-electron chi connectivity index (χ3n) is 6.79. The lowest BCUT2D eigenvalue weighted by atomic mass is 9.78. The first kappa shape index (κ1) is 16.4. The molecule has 0 aromatic rings. The summed E-state index contributed by atoms with van der Waals surface area (Å²) in [6.45, 7) is 1.76. The number of hydrogen-bond donors (Lipinski definition) is 1. The molecule has 5 nitrogen and oxygen atoms in total. The second kappa shape index (κ2) is 7.03. The van der Waals surface area contributed by atoms with E-state index in [-0.39, 0.29) is 17.9 Å². The van der Waals surface area contributed by atoms with Gasteiger partial charge in [-0.3, -0.25) is 14.5 Å². The van der Waals surface area contributed by atoms with E-state index in [9.17, 15) is 9.59 Å². The fraction of sp³-hybridized carbons (Fsp3) is 0.895. The third kappa shape index (κ3) is 3.19. The Kier molecular flexibility index (Phi) is 4.79. The summed E-state index contributed by atoms with van der Waals surface area (Å²) in [5, 5.41) is 3.14. The first-order chi connectivity index (χ1) is 11.7. The van der Waals surface area contributed by atoms with Crippen LogP contribution in [0.25, 0.3) is 0 Å². The number of piperazine rings is 1. The van der Waals surface area contributed by atoms with E-state index in [0.717, 1.165) is 31.7 Å². The van der Waals surface area contributed by atoms with Crippen LogP contribution in [0.1, 0.15) is 64.2 Å². The van der Waals surface area contributed by atoms with Crippen LogP contribution in [0.15, 0.2) is 0 Å². The van der Waals surface area contributed by atoms with Gasteiger partial charge in [0.15, 0.2) is 0 Å². The van der Waals surface area contributed by atoms with Crippen LogP contribution in [0, 0.1) is 5.92 Å². The Bertz CT molecular complexity index is 493. The summed E-state index contributed by atoms with van der Waals surface area (Å²) < 4.78 is 0. The summed E-state index contributed by atoms with van der Waals surface area (Å²) in [6.07, 6.45) is 12.1. The molecule has 4 aliphatic rings. The smallest absolute Gasteiger partial charge is 0.237 e. The van der Waals surface area contributed by atoms with Crippen molar-refractivity contribution < 1.29 is 9.59 Å². The highest BCUT2D eigenvalue weighted by molar-refractivity contribution is 5.82. The average Bonchev–Trinajstić information content (AvgIpc) is 2.61. The highest BCUT2D eigenvalue weighted by Crippen LogP contribution is 2.35. The zero-order valence-corrected chi connectivity index (χ0v) is 14.7. The minimum atomic E-state index is 0.0973. The van der Waals surface area contributed by atoms with Crippen molar-refractivity contribution in [2.45, 2.75) is 82.3 Å². The molecule has 1 N–H and O–H groups in total. The van der Waals surface area contributed by atoms with Crippen molar-refractivity contribution in [3.05, 3.63) is 0 Å². The van der Waals surface area contributed by atoms with E-state index in [0.29, 0.717) is 25.2 Å². The Balaban J connectivity index is 1.43. The minimum Gasteiger partial charge on any atom is -0.351 e. The molecule has 0 radical (unpaired) electrons. The molecule has 5 heteroatoms. The second-order valence-corrected chi connectivity index (χ2v) is 8.27. The van der Waals surface area contributed by atoms with Gasteiger partial charge in [0.1, 0.15) is 0 Å². The van der Waals surface area contributed by atoms with Gasteiger partial charge >= 0.3 is 0 Å². The van der Waals surface area contributed by atoms with Crippen LogP contribution in [-0.4, -0.2) is 59.4 Å². The number of likely N-dealkylation sites (tertiary alicyclic amines) is 1. The first-order valence-electron chi connectivity index (χ1n) is 10.1. The van der Waals surface area contributed by atoms with Gasteiger partial charge in [0.05, 0.1) is 13.1 Å². The van der Waals surface area contributed by atoms with Gasteiger partial charge in [-0.1, -0.05) is 25.7 Å². The van der Waals surface area contributed by atoms with Gasteiger partial charge in [-0.15, -0.1) is 0 Å². The van der Waals surface area contributed by atoms with Gasteiger partial charge in [-0.25, -0.2) is 0 Å². The molecule has 134 valence electrons. The number of fused-ring (bicyclic) bond motifs is 2. The Morgan fingerprint density at radius 3 is 2.54 bits per heavy atom. The summed E-state index contributed by atoms with van der Waals surface area (Å²) in [7, 11) is 0. The normalized spacial score (nSPS) is 37.3. The standard InChI is InChI=1S/C19H31N3O2/c23-18-12-21(17-10-4-2-8-15(17)20-18)13-19(24)22-11-5-7-14-6-1-3-9-16(14)22/h14-17H,1-13H2,(H,20,23)/t14-,15+,16-,17+/m0/s1. The van der Waals surface area contributed by atoms with Crippen LogP contribution in [0.4, 0.5) is 0 Å². The topological polar surface area (TPSA) is 52.7 Å². The number of piperidine rings is 1. The molecule has 2 aliphatic carbocycles. The molecule has 4 rings (SSSR count). The molecule has 2 amide bonds. The van der Waals surface area contributed by atoms with Gasteiger partial charge in [0, 0.05) is 24.7 Å². The maximum Gasteiger partial charge on any atom is 0.237 e. The number of carbonyl (C=O) groups excluding carboxylic acids is 2. The number of rotatable bonds is 2. The monoisotopic (exact) mass is 333 g/mol. The zero-order valence-electron chi connectivity index (χ0n) is 14.7. The fourth-order valence-corrected chi connectivity index (χ4v) is 5.64. The molecule has 2 aliphatic heterocycles. The average molecular weight is 333 g/mol. The quantitative estimate of drug-likeness (QED) is 0.840. The van der Waals surface area contributed by atoms with Gasteiger partial charge in [-0.05, 0) is 44.4 Å². The predicted molar refractivity (Wildman–Crippen MR) is 92.5 cm³/mol. The largest absolute Gasteiger partial charge is 0.351 e. The van der Waals surface area contributed by atoms with Crippen molar-refractivity contribution >= 4 is 11.8 Å². The van der Waals surface area contributed by atoms with Gasteiger partial charge in [0.25, 0.3) is 0 Å². The molecular weight excluding hydrogens is 302 g/mol. The fourth-order valence-electron chi connectivity index (χ4n) is 5.64. The van der Waals surface area contributed by atoms with E-state index < -0.39 is 0 Å². The molecule has 24 heavy (non-hydrogen) atoms. The van der Waals surface area contributed by atoms with E-state index >= 15 is 0 Å². The molecule has 0 bridgehead atoms. The molecule has 2 saturated heterocycles.